The minimum absolute atomic E-state index is 0.0105. The maximum atomic E-state index is 12.6. The average molecular weight is 389 g/mol. The molecule has 1 aromatic heterocycles. The third kappa shape index (κ3) is 5.03. The number of amides is 1. The van der Waals surface area contributed by atoms with Crippen LogP contribution in [0.2, 0.25) is 0 Å². The molecular formula is C19H23N3O4S. The highest BCUT2D eigenvalue weighted by molar-refractivity contribution is 7.99. The number of hydrogen-bond acceptors (Lipinski definition) is 6. The van der Waals surface area contributed by atoms with Crippen LogP contribution < -0.4 is 15.0 Å². The van der Waals surface area contributed by atoms with Gasteiger partial charge in [-0.25, -0.2) is 4.98 Å². The van der Waals surface area contributed by atoms with Gasteiger partial charge in [-0.15, -0.1) is 0 Å². The van der Waals surface area contributed by atoms with Gasteiger partial charge in [-0.05, 0) is 31.0 Å². The molecular weight excluding hydrogens is 366 g/mol. The predicted octanol–water partition coefficient (Wildman–Crippen LogP) is 2.59. The zero-order valence-electron chi connectivity index (χ0n) is 15.5. The number of nitrogens with one attached hydrogen (secondary N) is 1. The van der Waals surface area contributed by atoms with Crippen LogP contribution in [0.1, 0.15) is 31.5 Å². The number of rotatable bonds is 8. The summed E-state index contributed by atoms with van der Waals surface area (Å²) in [6.45, 7) is 5.29. The molecule has 0 aliphatic carbocycles. The number of benzene rings is 1. The Kier molecular flexibility index (Phi) is 6.39. The van der Waals surface area contributed by atoms with Crippen LogP contribution in [-0.2, 0) is 17.8 Å². The minimum atomic E-state index is -0.184. The van der Waals surface area contributed by atoms with Crippen molar-refractivity contribution in [3.63, 3.8) is 0 Å². The maximum Gasteiger partial charge on any atom is 0.251 e. The molecule has 0 unspecified atom stereocenters. The van der Waals surface area contributed by atoms with Gasteiger partial charge in [0.2, 0.25) is 12.7 Å². The Hall–Kier alpha value is -2.48. The minimum Gasteiger partial charge on any atom is -0.454 e. The molecule has 3 rings (SSSR count). The van der Waals surface area contributed by atoms with Crippen LogP contribution in [0.5, 0.6) is 11.5 Å². The number of aryl methyl sites for hydroxylation is 1. The van der Waals surface area contributed by atoms with Crippen molar-refractivity contribution in [1.29, 1.82) is 0 Å². The molecule has 1 aromatic carbocycles. The second-order valence-corrected chi connectivity index (χ2v) is 7.14. The van der Waals surface area contributed by atoms with E-state index < -0.39 is 0 Å². The highest BCUT2D eigenvalue weighted by atomic mass is 32.2. The van der Waals surface area contributed by atoms with E-state index in [1.165, 1.54) is 17.8 Å². The van der Waals surface area contributed by atoms with Gasteiger partial charge in [0, 0.05) is 24.8 Å². The molecule has 0 saturated heterocycles. The van der Waals surface area contributed by atoms with Gasteiger partial charge in [0.25, 0.3) is 5.56 Å². The van der Waals surface area contributed by atoms with E-state index in [1.54, 1.807) is 4.90 Å². The summed E-state index contributed by atoms with van der Waals surface area (Å²) in [6.07, 6.45) is 1.66. The van der Waals surface area contributed by atoms with Crippen molar-refractivity contribution in [2.45, 2.75) is 38.4 Å². The lowest BCUT2D eigenvalue weighted by Crippen LogP contribution is -2.31. The third-order valence-electron chi connectivity index (χ3n) is 4.16. The van der Waals surface area contributed by atoms with E-state index in [0.717, 1.165) is 29.8 Å². The van der Waals surface area contributed by atoms with Gasteiger partial charge in [0.05, 0.1) is 5.75 Å². The van der Waals surface area contributed by atoms with E-state index >= 15 is 0 Å². The van der Waals surface area contributed by atoms with Crippen molar-refractivity contribution in [3.05, 3.63) is 45.9 Å². The molecule has 2 aromatic rings. The number of aromatic amines is 1. The number of carbonyl (C=O) groups excluding carboxylic acids is 1. The Morgan fingerprint density at radius 1 is 1.26 bits per heavy atom. The number of hydrogen-bond donors (Lipinski definition) is 1. The summed E-state index contributed by atoms with van der Waals surface area (Å²) < 4.78 is 10.7. The number of nitrogens with zero attached hydrogens (tertiary/aromatic N) is 2. The first-order valence-corrected chi connectivity index (χ1v) is 9.97. The second kappa shape index (κ2) is 8.94. The summed E-state index contributed by atoms with van der Waals surface area (Å²) in [7, 11) is 0. The lowest BCUT2D eigenvalue weighted by molar-refractivity contribution is -0.128. The molecule has 0 radical (unpaired) electrons. The maximum absolute atomic E-state index is 12.6. The third-order valence-corrected chi connectivity index (χ3v) is 5.01. The van der Waals surface area contributed by atoms with Gasteiger partial charge in [0.15, 0.2) is 16.7 Å². The van der Waals surface area contributed by atoms with Crippen molar-refractivity contribution in [3.8, 4) is 11.5 Å². The summed E-state index contributed by atoms with van der Waals surface area (Å²) >= 11 is 1.25. The summed E-state index contributed by atoms with van der Waals surface area (Å²) in [5.41, 5.74) is 1.55. The summed E-state index contributed by atoms with van der Waals surface area (Å²) in [5.74, 6) is 1.64. The van der Waals surface area contributed by atoms with Crippen LogP contribution in [0, 0.1) is 0 Å². The monoisotopic (exact) mass is 389 g/mol. The SMILES string of the molecule is CCCc1cc(=O)[nH]c(SCC(=O)N(CC)Cc2ccc3c(c2)OCO3)n1. The lowest BCUT2D eigenvalue weighted by Gasteiger charge is -2.21. The van der Waals surface area contributed by atoms with Crippen LogP contribution >= 0.6 is 11.8 Å². The summed E-state index contributed by atoms with van der Waals surface area (Å²) in [5, 5.41) is 0.485. The summed E-state index contributed by atoms with van der Waals surface area (Å²) in [4.78, 5) is 33.2. The number of carbonyl (C=O) groups is 1. The Bertz CT molecular complexity index is 868. The predicted molar refractivity (Wildman–Crippen MR) is 103 cm³/mol. The second-order valence-electron chi connectivity index (χ2n) is 6.18. The van der Waals surface area contributed by atoms with Gasteiger partial charge >= 0.3 is 0 Å². The summed E-state index contributed by atoms with van der Waals surface area (Å²) in [6, 6.07) is 7.20. The van der Waals surface area contributed by atoms with Crippen molar-refractivity contribution in [2.24, 2.45) is 0 Å². The highest BCUT2D eigenvalue weighted by Gasteiger charge is 2.17. The first-order chi connectivity index (χ1) is 13.1. The molecule has 1 N–H and O–H groups in total. The molecule has 7 nitrogen and oxygen atoms in total. The van der Waals surface area contributed by atoms with Gasteiger partial charge in [-0.3, -0.25) is 9.59 Å². The number of ether oxygens (including phenoxy) is 2. The van der Waals surface area contributed by atoms with Crippen molar-refractivity contribution < 1.29 is 14.3 Å². The van der Waals surface area contributed by atoms with E-state index in [-0.39, 0.29) is 24.0 Å². The van der Waals surface area contributed by atoms with E-state index in [2.05, 4.69) is 9.97 Å². The van der Waals surface area contributed by atoms with Crippen LogP contribution in [-0.4, -0.2) is 39.9 Å². The molecule has 0 spiro atoms. The largest absolute Gasteiger partial charge is 0.454 e. The fraction of sp³-hybridized carbons (Fsp3) is 0.421. The standard InChI is InChI=1S/C19H23N3O4S/c1-3-5-14-9-17(23)21-19(20-14)27-11-18(24)22(4-2)10-13-6-7-15-16(8-13)26-12-25-15/h6-9H,3-5,10-12H2,1-2H3,(H,20,21,23). The number of fused-ring (bicyclic) bond motifs is 1. The number of aromatic nitrogens is 2. The number of thioether (sulfide) groups is 1. The first-order valence-electron chi connectivity index (χ1n) is 8.98. The Morgan fingerprint density at radius 3 is 2.85 bits per heavy atom. The molecule has 0 atom stereocenters. The van der Waals surface area contributed by atoms with Crippen LogP contribution in [0.25, 0.3) is 0 Å². The fourth-order valence-electron chi connectivity index (χ4n) is 2.79. The smallest absolute Gasteiger partial charge is 0.251 e. The molecule has 0 saturated carbocycles. The zero-order valence-corrected chi connectivity index (χ0v) is 16.3. The molecule has 2 heterocycles. The molecule has 27 heavy (non-hydrogen) atoms. The van der Waals surface area contributed by atoms with E-state index in [9.17, 15) is 9.59 Å². The fourth-order valence-corrected chi connectivity index (χ4v) is 3.59. The number of H-pyrrole nitrogens is 1. The van der Waals surface area contributed by atoms with Crippen molar-refractivity contribution in [1.82, 2.24) is 14.9 Å². The normalized spacial score (nSPS) is 12.2. The molecule has 0 bridgehead atoms. The van der Waals surface area contributed by atoms with E-state index in [4.69, 9.17) is 9.47 Å². The first kappa shape index (κ1) is 19.3. The van der Waals surface area contributed by atoms with Gasteiger partial charge in [-0.1, -0.05) is 31.2 Å². The van der Waals surface area contributed by atoms with Gasteiger partial charge in [0.1, 0.15) is 0 Å². The molecule has 1 aliphatic rings. The van der Waals surface area contributed by atoms with E-state index in [1.807, 2.05) is 32.0 Å². The average Bonchev–Trinajstić information content (AvgIpc) is 3.12. The van der Waals surface area contributed by atoms with Gasteiger partial charge < -0.3 is 19.4 Å². The van der Waals surface area contributed by atoms with Crippen molar-refractivity contribution >= 4 is 17.7 Å². The van der Waals surface area contributed by atoms with E-state index in [0.29, 0.717) is 24.0 Å². The Morgan fingerprint density at radius 2 is 2.07 bits per heavy atom. The Labute approximate surface area is 162 Å². The zero-order chi connectivity index (χ0) is 19.2. The highest BCUT2D eigenvalue weighted by Crippen LogP contribution is 2.32. The molecule has 0 fully saturated rings. The van der Waals surface area contributed by atoms with Crippen LogP contribution in [0.15, 0.2) is 34.2 Å². The molecule has 1 amide bonds. The lowest BCUT2D eigenvalue weighted by atomic mass is 10.2. The van der Waals surface area contributed by atoms with Gasteiger partial charge in [-0.2, -0.15) is 0 Å². The molecule has 144 valence electrons. The van der Waals surface area contributed by atoms with Crippen molar-refractivity contribution in [2.75, 3.05) is 19.1 Å². The Balaban J connectivity index is 1.61. The van der Waals surface area contributed by atoms with Crippen LogP contribution in [0.4, 0.5) is 0 Å². The quantitative estimate of drug-likeness (QED) is 0.552. The molecule has 1 aliphatic heterocycles. The van der Waals surface area contributed by atoms with Crippen LogP contribution in [0.3, 0.4) is 0 Å². The molecule has 8 heteroatoms. The topological polar surface area (TPSA) is 84.5 Å².